The number of aromatic nitrogens is 2. The van der Waals surface area contributed by atoms with Gasteiger partial charge in [-0.25, -0.2) is 4.39 Å². The summed E-state index contributed by atoms with van der Waals surface area (Å²) in [5.74, 6) is 0.514. The van der Waals surface area contributed by atoms with Crippen molar-refractivity contribution >= 4 is 11.6 Å². The molecule has 0 unspecified atom stereocenters. The molecule has 0 radical (unpaired) electrons. The first-order valence-electron chi connectivity index (χ1n) is 5.14. The van der Waals surface area contributed by atoms with Crippen LogP contribution in [0.25, 0.3) is 0 Å². The molecule has 1 aromatic carbocycles. The van der Waals surface area contributed by atoms with E-state index in [4.69, 9.17) is 16.3 Å². The van der Waals surface area contributed by atoms with Crippen LogP contribution >= 0.6 is 11.6 Å². The first-order valence-corrected chi connectivity index (χ1v) is 5.67. The number of hydrogen-bond acceptors (Lipinski definition) is 2. The van der Waals surface area contributed by atoms with E-state index in [0.717, 1.165) is 5.56 Å². The molecule has 0 N–H and O–H groups in total. The number of aryl methyl sites for hydroxylation is 1. The lowest BCUT2D eigenvalue weighted by Crippen LogP contribution is -1.97. The number of benzene rings is 1. The molecule has 17 heavy (non-hydrogen) atoms. The first-order chi connectivity index (χ1) is 8.19. The van der Waals surface area contributed by atoms with Crippen LogP contribution in [0.2, 0.25) is 0 Å². The van der Waals surface area contributed by atoms with Crippen LogP contribution in [0.5, 0.6) is 5.75 Å². The van der Waals surface area contributed by atoms with Crippen LogP contribution in [-0.4, -0.2) is 9.78 Å². The number of rotatable bonds is 4. The van der Waals surface area contributed by atoms with Gasteiger partial charge in [0.15, 0.2) is 0 Å². The summed E-state index contributed by atoms with van der Waals surface area (Å²) in [6, 6.07) is 4.32. The average molecular weight is 255 g/mol. The molecule has 0 aliphatic carbocycles. The van der Waals surface area contributed by atoms with Gasteiger partial charge in [-0.1, -0.05) is 0 Å². The predicted octanol–water partition coefficient (Wildman–Crippen LogP) is 2.88. The SMILES string of the molecule is Cn1cc(COc2ccc(F)cc2CCl)cn1. The van der Waals surface area contributed by atoms with Gasteiger partial charge in [0.1, 0.15) is 18.2 Å². The van der Waals surface area contributed by atoms with Gasteiger partial charge in [0.25, 0.3) is 0 Å². The standard InChI is InChI=1S/C12H12ClFN2O/c1-16-7-9(6-15-16)8-17-12-3-2-11(14)4-10(12)5-13/h2-4,6-7H,5,8H2,1H3. The zero-order valence-electron chi connectivity index (χ0n) is 9.36. The Balaban J connectivity index is 2.08. The van der Waals surface area contributed by atoms with Crippen molar-refractivity contribution in [3.63, 3.8) is 0 Å². The van der Waals surface area contributed by atoms with Gasteiger partial charge < -0.3 is 4.74 Å². The molecule has 0 aliphatic heterocycles. The van der Waals surface area contributed by atoms with Crippen molar-refractivity contribution in [2.24, 2.45) is 7.05 Å². The lowest BCUT2D eigenvalue weighted by atomic mass is 10.2. The van der Waals surface area contributed by atoms with Crippen molar-refractivity contribution in [3.8, 4) is 5.75 Å². The van der Waals surface area contributed by atoms with Crippen molar-refractivity contribution < 1.29 is 9.13 Å². The quantitative estimate of drug-likeness (QED) is 0.785. The number of nitrogens with zero attached hydrogens (tertiary/aromatic N) is 2. The molecule has 0 atom stereocenters. The zero-order chi connectivity index (χ0) is 12.3. The van der Waals surface area contributed by atoms with E-state index in [0.29, 0.717) is 17.9 Å². The van der Waals surface area contributed by atoms with Crippen LogP contribution < -0.4 is 4.74 Å². The monoisotopic (exact) mass is 254 g/mol. The smallest absolute Gasteiger partial charge is 0.124 e. The zero-order valence-corrected chi connectivity index (χ0v) is 10.1. The molecular weight excluding hydrogens is 243 g/mol. The number of alkyl halides is 1. The highest BCUT2D eigenvalue weighted by Gasteiger charge is 2.05. The van der Waals surface area contributed by atoms with Crippen molar-refractivity contribution in [3.05, 3.63) is 47.5 Å². The van der Waals surface area contributed by atoms with Crippen LogP contribution in [0.1, 0.15) is 11.1 Å². The average Bonchev–Trinajstić information content (AvgIpc) is 2.73. The Morgan fingerprint density at radius 1 is 1.47 bits per heavy atom. The molecular formula is C12H12ClFN2O. The summed E-state index contributed by atoms with van der Waals surface area (Å²) < 4.78 is 20.3. The van der Waals surface area contributed by atoms with Crippen molar-refractivity contribution in [1.82, 2.24) is 9.78 Å². The molecule has 1 aromatic heterocycles. The minimum absolute atomic E-state index is 0.222. The third kappa shape index (κ3) is 2.97. The second kappa shape index (κ2) is 5.19. The highest BCUT2D eigenvalue weighted by atomic mass is 35.5. The van der Waals surface area contributed by atoms with Crippen LogP contribution in [-0.2, 0) is 19.5 Å². The molecule has 5 heteroatoms. The lowest BCUT2D eigenvalue weighted by Gasteiger charge is -2.08. The van der Waals surface area contributed by atoms with E-state index in [1.807, 2.05) is 13.2 Å². The summed E-state index contributed by atoms with van der Waals surface area (Å²) >= 11 is 5.73. The second-order valence-electron chi connectivity index (χ2n) is 3.70. The fraction of sp³-hybridized carbons (Fsp3) is 0.250. The summed E-state index contributed by atoms with van der Waals surface area (Å²) in [4.78, 5) is 0. The molecule has 0 spiro atoms. The number of hydrogen-bond donors (Lipinski definition) is 0. The summed E-state index contributed by atoms with van der Waals surface area (Å²) in [5, 5.41) is 4.04. The van der Waals surface area contributed by atoms with E-state index in [2.05, 4.69) is 5.10 Å². The van der Waals surface area contributed by atoms with E-state index in [9.17, 15) is 4.39 Å². The lowest BCUT2D eigenvalue weighted by molar-refractivity contribution is 0.303. The molecule has 0 saturated heterocycles. The fourth-order valence-electron chi connectivity index (χ4n) is 1.50. The molecule has 0 bridgehead atoms. The molecule has 0 amide bonds. The van der Waals surface area contributed by atoms with Crippen molar-refractivity contribution in [2.45, 2.75) is 12.5 Å². The van der Waals surface area contributed by atoms with Crippen molar-refractivity contribution in [2.75, 3.05) is 0 Å². The molecule has 0 fully saturated rings. The van der Waals surface area contributed by atoms with Gasteiger partial charge in [0, 0.05) is 24.4 Å². The molecule has 1 heterocycles. The Morgan fingerprint density at radius 2 is 2.29 bits per heavy atom. The fourth-order valence-corrected chi connectivity index (χ4v) is 1.71. The third-order valence-electron chi connectivity index (χ3n) is 2.32. The Bertz CT molecular complexity index is 513. The molecule has 90 valence electrons. The van der Waals surface area contributed by atoms with Gasteiger partial charge in [-0.3, -0.25) is 4.68 Å². The predicted molar refractivity (Wildman–Crippen MR) is 63.5 cm³/mol. The normalized spacial score (nSPS) is 10.5. The van der Waals surface area contributed by atoms with Gasteiger partial charge in [-0.2, -0.15) is 5.10 Å². The van der Waals surface area contributed by atoms with Gasteiger partial charge in [0.05, 0.1) is 12.1 Å². The minimum atomic E-state index is -0.311. The van der Waals surface area contributed by atoms with E-state index in [-0.39, 0.29) is 11.7 Å². The highest BCUT2D eigenvalue weighted by molar-refractivity contribution is 6.17. The van der Waals surface area contributed by atoms with E-state index in [1.165, 1.54) is 12.1 Å². The Labute approximate surface area is 104 Å². The summed E-state index contributed by atoms with van der Waals surface area (Å²) in [5.41, 5.74) is 1.60. The van der Waals surface area contributed by atoms with Gasteiger partial charge in [0.2, 0.25) is 0 Å². The maximum atomic E-state index is 13.0. The van der Waals surface area contributed by atoms with Crippen LogP contribution in [0, 0.1) is 5.82 Å². The largest absolute Gasteiger partial charge is 0.488 e. The molecule has 3 nitrogen and oxygen atoms in total. The van der Waals surface area contributed by atoms with Crippen LogP contribution in [0.4, 0.5) is 4.39 Å². The van der Waals surface area contributed by atoms with Gasteiger partial charge >= 0.3 is 0 Å². The summed E-state index contributed by atoms with van der Waals surface area (Å²) in [6.07, 6.45) is 3.59. The maximum Gasteiger partial charge on any atom is 0.124 e. The second-order valence-corrected chi connectivity index (χ2v) is 3.96. The van der Waals surface area contributed by atoms with E-state index < -0.39 is 0 Å². The Morgan fingerprint density at radius 3 is 2.94 bits per heavy atom. The highest BCUT2D eigenvalue weighted by Crippen LogP contribution is 2.22. The molecule has 0 aliphatic rings. The number of ether oxygens (including phenoxy) is 1. The van der Waals surface area contributed by atoms with E-state index >= 15 is 0 Å². The van der Waals surface area contributed by atoms with Crippen LogP contribution in [0.15, 0.2) is 30.6 Å². The maximum absolute atomic E-state index is 13.0. The Kier molecular flexibility index (Phi) is 3.64. The van der Waals surface area contributed by atoms with Crippen molar-refractivity contribution in [1.29, 1.82) is 0 Å². The van der Waals surface area contributed by atoms with E-state index in [1.54, 1.807) is 16.9 Å². The molecule has 2 aromatic rings. The van der Waals surface area contributed by atoms with Gasteiger partial charge in [-0.05, 0) is 18.2 Å². The third-order valence-corrected chi connectivity index (χ3v) is 2.61. The Hall–Kier alpha value is -1.55. The summed E-state index contributed by atoms with van der Waals surface area (Å²) in [6.45, 7) is 0.392. The molecule has 0 saturated carbocycles. The topological polar surface area (TPSA) is 27.1 Å². The minimum Gasteiger partial charge on any atom is -0.488 e. The van der Waals surface area contributed by atoms with Gasteiger partial charge in [-0.15, -0.1) is 11.6 Å². The first kappa shape index (κ1) is 11.9. The van der Waals surface area contributed by atoms with Crippen LogP contribution in [0.3, 0.4) is 0 Å². The number of halogens is 2. The summed E-state index contributed by atoms with van der Waals surface area (Å²) in [7, 11) is 1.84. The molecule has 2 rings (SSSR count).